The molecule has 0 spiro atoms. The summed E-state index contributed by atoms with van der Waals surface area (Å²) in [7, 11) is 0. The number of ether oxygens (including phenoxy) is 1. The number of nitrogens with zero attached hydrogens (tertiary/aromatic N) is 1. The van der Waals surface area contributed by atoms with Gasteiger partial charge in [0.25, 0.3) is 0 Å². The SMILES string of the molecule is CCCNCCCN1CC(C)OC(C)(C)C1. The molecular weight excluding hydrogens is 200 g/mol. The van der Waals surface area contributed by atoms with Gasteiger partial charge in [0.1, 0.15) is 0 Å². The second-order valence-corrected chi connectivity index (χ2v) is 5.53. The van der Waals surface area contributed by atoms with Crippen LogP contribution in [0, 0.1) is 0 Å². The normalized spacial score (nSPS) is 25.9. The highest BCUT2D eigenvalue weighted by Gasteiger charge is 2.30. The molecule has 1 rings (SSSR count). The number of rotatable bonds is 6. The lowest BCUT2D eigenvalue weighted by molar-refractivity contribution is -0.128. The molecule has 96 valence electrons. The summed E-state index contributed by atoms with van der Waals surface area (Å²) >= 11 is 0. The Kier molecular flexibility index (Phi) is 5.73. The standard InChI is InChI=1S/C13H28N2O/c1-5-7-14-8-6-9-15-10-12(2)16-13(3,4)11-15/h12,14H,5-11H2,1-4H3. The van der Waals surface area contributed by atoms with Crippen LogP contribution in [0.4, 0.5) is 0 Å². The quantitative estimate of drug-likeness (QED) is 0.703. The zero-order valence-corrected chi connectivity index (χ0v) is 11.4. The van der Waals surface area contributed by atoms with Crippen molar-refractivity contribution in [1.29, 1.82) is 0 Å². The minimum atomic E-state index is 0.0223. The van der Waals surface area contributed by atoms with Gasteiger partial charge in [0.2, 0.25) is 0 Å². The Hall–Kier alpha value is -0.120. The molecule has 0 radical (unpaired) electrons. The topological polar surface area (TPSA) is 24.5 Å². The van der Waals surface area contributed by atoms with E-state index in [0.29, 0.717) is 6.10 Å². The van der Waals surface area contributed by atoms with E-state index in [2.05, 4.69) is 37.9 Å². The molecule has 1 atom stereocenters. The third-order valence-corrected chi connectivity index (χ3v) is 2.89. The highest BCUT2D eigenvalue weighted by Crippen LogP contribution is 2.20. The molecule has 1 fully saturated rings. The van der Waals surface area contributed by atoms with Crippen molar-refractivity contribution in [3.8, 4) is 0 Å². The lowest BCUT2D eigenvalue weighted by Crippen LogP contribution is -2.52. The van der Waals surface area contributed by atoms with Crippen molar-refractivity contribution in [2.24, 2.45) is 0 Å². The van der Waals surface area contributed by atoms with Crippen LogP contribution < -0.4 is 5.32 Å². The molecule has 0 aliphatic carbocycles. The van der Waals surface area contributed by atoms with E-state index in [4.69, 9.17) is 4.74 Å². The van der Waals surface area contributed by atoms with Crippen LogP contribution in [0.3, 0.4) is 0 Å². The van der Waals surface area contributed by atoms with Gasteiger partial charge >= 0.3 is 0 Å². The highest BCUT2D eigenvalue weighted by atomic mass is 16.5. The Balaban J connectivity index is 2.16. The fourth-order valence-electron chi connectivity index (χ4n) is 2.49. The van der Waals surface area contributed by atoms with E-state index >= 15 is 0 Å². The van der Waals surface area contributed by atoms with E-state index in [1.807, 2.05) is 0 Å². The highest BCUT2D eigenvalue weighted by molar-refractivity contribution is 4.82. The van der Waals surface area contributed by atoms with Crippen LogP contribution in [0.15, 0.2) is 0 Å². The van der Waals surface area contributed by atoms with E-state index in [1.54, 1.807) is 0 Å². The molecule has 0 bridgehead atoms. The average molecular weight is 228 g/mol. The minimum absolute atomic E-state index is 0.0223. The third-order valence-electron chi connectivity index (χ3n) is 2.89. The summed E-state index contributed by atoms with van der Waals surface area (Å²) in [4.78, 5) is 2.53. The van der Waals surface area contributed by atoms with Gasteiger partial charge in [-0.1, -0.05) is 6.92 Å². The van der Waals surface area contributed by atoms with Gasteiger partial charge in [-0.15, -0.1) is 0 Å². The van der Waals surface area contributed by atoms with Gasteiger partial charge in [0.15, 0.2) is 0 Å². The number of hydrogen-bond donors (Lipinski definition) is 1. The maximum absolute atomic E-state index is 5.89. The molecule has 1 heterocycles. The number of nitrogens with one attached hydrogen (secondary N) is 1. The van der Waals surface area contributed by atoms with Crippen LogP contribution >= 0.6 is 0 Å². The first-order valence-corrected chi connectivity index (χ1v) is 6.64. The largest absolute Gasteiger partial charge is 0.370 e. The predicted octanol–water partition coefficient (Wildman–Crippen LogP) is 1.88. The summed E-state index contributed by atoms with van der Waals surface area (Å²) in [6.45, 7) is 14.4. The fourth-order valence-corrected chi connectivity index (χ4v) is 2.49. The zero-order valence-electron chi connectivity index (χ0n) is 11.4. The van der Waals surface area contributed by atoms with Crippen molar-refractivity contribution in [3.63, 3.8) is 0 Å². The summed E-state index contributed by atoms with van der Waals surface area (Å²) in [5.74, 6) is 0. The second kappa shape index (κ2) is 6.58. The Morgan fingerprint density at radius 3 is 2.75 bits per heavy atom. The molecule has 0 aromatic carbocycles. The first-order valence-electron chi connectivity index (χ1n) is 6.64. The van der Waals surface area contributed by atoms with Gasteiger partial charge in [0, 0.05) is 13.1 Å². The summed E-state index contributed by atoms with van der Waals surface area (Å²) in [5.41, 5.74) is 0.0223. The number of morpholine rings is 1. The zero-order chi connectivity index (χ0) is 12.0. The van der Waals surface area contributed by atoms with E-state index in [0.717, 1.165) is 26.2 Å². The van der Waals surface area contributed by atoms with Crippen LogP contribution in [0.5, 0.6) is 0 Å². The van der Waals surface area contributed by atoms with Crippen molar-refractivity contribution in [3.05, 3.63) is 0 Å². The summed E-state index contributed by atoms with van der Waals surface area (Å²) < 4.78 is 5.89. The van der Waals surface area contributed by atoms with Crippen LogP contribution in [-0.2, 0) is 4.74 Å². The first-order chi connectivity index (χ1) is 7.53. The third kappa shape index (κ3) is 5.28. The monoisotopic (exact) mass is 228 g/mol. The summed E-state index contributed by atoms with van der Waals surface area (Å²) in [6.07, 6.45) is 2.83. The Morgan fingerprint density at radius 1 is 1.38 bits per heavy atom. The van der Waals surface area contributed by atoms with Crippen LogP contribution in [-0.4, -0.2) is 49.3 Å². The first kappa shape index (κ1) is 13.9. The minimum Gasteiger partial charge on any atom is -0.370 e. The van der Waals surface area contributed by atoms with E-state index in [-0.39, 0.29) is 5.60 Å². The maximum atomic E-state index is 5.89. The molecule has 0 aromatic rings. The lowest BCUT2D eigenvalue weighted by atomic mass is 10.1. The molecule has 0 aromatic heterocycles. The smallest absolute Gasteiger partial charge is 0.0757 e. The fraction of sp³-hybridized carbons (Fsp3) is 1.00. The molecule has 1 saturated heterocycles. The van der Waals surface area contributed by atoms with Crippen molar-refractivity contribution in [1.82, 2.24) is 10.2 Å². The van der Waals surface area contributed by atoms with E-state index in [9.17, 15) is 0 Å². The summed E-state index contributed by atoms with van der Waals surface area (Å²) in [5, 5.41) is 3.45. The average Bonchev–Trinajstić information content (AvgIpc) is 2.14. The Labute approximate surface area is 101 Å². The lowest BCUT2D eigenvalue weighted by Gasteiger charge is -2.41. The molecule has 3 nitrogen and oxygen atoms in total. The van der Waals surface area contributed by atoms with Gasteiger partial charge in [-0.3, -0.25) is 4.90 Å². The van der Waals surface area contributed by atoms with Crippen LogP contribution in [0.2, 0.25) is 0 Å². The molecular formula is C13H28N2O. The Morgan fingerprint density at radius 2 is 2.12 bits per heavy atom. The molecule has 1 unspecified atom stereocenters. The number of hydrogen-bond acceptors (Lipinski definition) is 3. The van der Waals surface area contributed by atoms with Crippen molar-refractivity contribution in [2.45, 2.75) is 52.2 Å². The maximum Gasteiger partial charge on any atom is 0.0757 e. The van der Waals surface area contributed by atoms with Crippen LogP contribution in [0.1, 0.15) is 40.5 Å². The molecule has 3 heteroatoms. The molecule has 16 heavy (non-hydrogen) atoms. The van der Waals surface area contributed by atoms with E-state index < -0.39 is 0 Å². The molecule has 1 N–H and O–H groups in total. The van der Waals surface area contributed by atoms with Crippen molar-refractivity contribution < 1.29 is 4.74 Å². The van der Waals surface area contributed by atoms with Crippen molar-refractivity contribution in [2.75, 3.05) is 32.7 Å². The van der Waals surface area contributed by atoms with Gasteiger partial charge in [-0.05, 0) is 53.2 Å². The van der Waals surface area contributed by atoms with Gasteiger partial charge in [-0.25, -0.2) is 0 Å². The predicted molar refractivity (Wildman–Crippen MR) is 68.8 cm³/mol. The Bertz CT molecular complexity index is 194. The van der Waals surface area contributed by atoms with Gasteiger partial charge in [0.05, 0.1) is 11.7 Å². The van der Waals surface area contributed by atoms with Gasteiger partial charge < -0.3 is 10.1 Å². The summed E-state index contributed by atoms with van der Waals surface area (Å²) in [6, 6.07) is 0. The van der Waals surface area contributed by atoms with E-state index in [1.165, 1.54) is 19.4 Å². The molecule has 1 aliphatic heterocycles. The molecule has 0 amide bonds. The molecule has 0 saturated carbocycles. The van der Waals surface area contributed by atoms with Crippen LogP contribution in [0.25, 0.3) is 0 Å². The molecule has 1 aliphatic rings. The second-order valence-electron chi connectivity index (χ2n) is 5.53. The van der Waals surface area contributed by atoms with Crippen molar-refractivity contribution >= 4 is 0 Å². The van der Waals surface area contributed by atoms with Gasteiger partial charge in [-0.2, -0.15) is 0 Å².